The number of benzene rings is 1. The summed E-state index contributed by atoms with van der Waals surface area (Å²) in [6.07, 6.45) is -5.45. The molecule has 6 saturated heterocycles. The molecule has 7 rings (SSSR count). The van der Waals surface area contributed by atoms with Gasteiger partial charge in [-0.1, -0.05) is 6.07 Å². The molecule has 0 amide bonds. The topological polar surface area (TPSA) is 154 Å². The van der Waals surface area contributed by atoms with Crippen molar-refractivity contribution in [2.24, 2.45) is 0 Å². The Balaban J connectivity index is 1.08. The molecule has 10 atom stereocenters. The number of fused-ring (bicyclic) bond motifs is 2. The van der Waals surface area contributed by atoms with E-state index in [2.05, 4.69) is 0 Å². The van der Waals surface area contributed by atoms with Gasteiger partial charge in [-0.3, -0.25) is 10.1 Å². The standard InChI is InChI=1S/C32H45NO14/c1-29(2)38-14-19(42-29)21-23(25-27(40-21)46-31(5,6)44-25)36-12-16-9-17(11-18(10-16)33(34)35)13-37-24-22(20-15-39-30(3,4)43-20)41-28-26(24)45-32(7,8)47-28/h9-11,19-28H,12-15H2,1-8H3/t19-,20-,21-,22-,23+,24+,25-,26-,27-,28-/m1/s1. The number of ether oxygens (including phenoxy) is 12. The largest absolute Gasteiger partial charge is 0.368 e. The van der Waals surface area contributed by atoms with E-state index in [4.69, 9.17) is 56.8 Å². The fraction of sp³-hybridized carbons (Fsp3) is 0.812. The van der Waals surface area contributed by atoms with Crippen molar-refractivity contribution in [2.75, 3.05) is 13.2 Å². The molecule has 0 saturated carbocycles. The number of nitro groups is 1. The van der Waals surface area contributed by atoms with E-state index < -0.39 is 89.5 Å². The molecule has 0 unspecified atom stereocenters. The minimum atomic E-state index is -0.861. The van der Waals surface area contributed by atoms with Gasteiger partial charge in [0, 0.05) is 12.1 Å². The van der Waals surface area contributed by atoms with Gasteiger partial charge in [0.15, 0.2) is 35.7 Å². The summed E-state index contributed by atoms with van der Waals surface area (Å²) in [6.45, 7) is 15.3. The molecule has 0 N–H and O–H groups in total. The van der Waals surface area contributed by atoms with Crippen LogP contribution in [0.2, 0.25) is 0 Å². The summed E-state index contributed by atoms with van der Waals surface area (Å²) < 4.78 is 73.3. The van der Waals surface area contributed by atoms with Crippen LogP contribution in [0.3, 0.4) is 0 Å². The quantitative estimate of drug-likeness (QED) is 0.279. The maximum Gasteiger partial charge on any atom is 0.270 e. The van der Waals surface area contributed by atoms with Gasteiger partial charge in [-0.25, -0.2) is 0 Å². The molecular weight excluding hydrogens is 622 g/mol. The van der Waals surface area contributed by atoms with E-state index in [1.165, 1.54) is 12.1 Å². The molecule has 6 fully saturated rings. The van der Waals surface area contributed by atoms with Crippen LogP contribution >= 0.6 is 0 Å². The smallest absolute Gasteiger partial charge is 0.270 e. The summed E-state index contributed by atoms with van der Waals surface area (Å²) in [5.74, 6) is -3.26. The highest BCUT2D eigenvalue weighted by Gasteiger charge is 2.60. The van der Waals surface area contributed by atoms with Crippen LogP contribution in [-0.4, -0.2) is 103 Å². The molecule has 262 valence electrons. The number of nitro benzene ring substituents is 1. The highest BCUT2D eigenvalue weighted by molar-refractivity contribution is 5.39. The van der Waals surface area contributed by atoms with Gasteiger partial charge in [0.05, 0.1) is 31.4 Å². The molecule has 0 spiro atoms. The highest BCUT2D eigenvalue weighted by atomic mass is 16.9. The van der Waals surface area contributed by atoms with Crippen LogP contribution in [-0.2, 0) is 70.1 Å². The van der Waals surface area contributed by atoms with Crippen LogP contribution in [0.1, 0.15) is 66.5 Å². The minimum Gasteiger partial charge on any atom is -0.368 e. The zero-order chi connectivity index (χ0) is 33.5. The van der Waals surface area contributed by atoms with Crippen molar-refractivity contribution < 1.29 is 61.8 Å². The lowest BCUT2D eigenvalue weighted by Crippen LogP contribution is -2.44. The van der Waals surface area contributed by atoms with Gasteiger partial charge in [-0.15, -0.1) is 0 Å². The van der Waals surface area contributed by atoms with Gasteiger partial charge in [-0.05, 0) is 66.5 Å². The monoisotopic (exact) mass is 667 g/mol. The molecule has 0 aliphatic carbocycles. The number of non-ortho nitro benzene ring substituents is 1. The maximum absolute atomic E-state index is 12.0. The lowest BCUT2D eigenvalue weighted by Gasteiger charge is -2.29. The van der Waals surface area contributed by atoms with Crippen molar-refractivity contribution in [3.05, 3.63) is 39.4 Å². The Labute approximate surface area is 273 Å². The van der Waals surface area contributed by atoms with E-state index in [9.17, 15) is 10.1 Å². The molecule has 47 heavy (non-hydrogen) atoms. The average molecular weight is 668 g/mol. The van der Waals surface area contributed by atoms with Crippen LogP contribution in [0.4, 0.5) is 5.69 Å². The Morgan fingerprint density at radius 2 is 1.06 bits per heavy atom. The van der Waals surface area contributed by atoms with Crippen LogP contribution in [0, 0.1) is 10.1 Å². The van der Waals surface area contributed by atoms with E-state index in [1.54, 1.807) is 0 Å². The van der Waals surface area contributed by atoms with Crippen LogP contribution < -0.4 is 0 Å². The highest BCUT2D eigenvalue weighted by Crippen LogP contribution is 2.44. The zero-order valence-corrected chi connectivity index (χ0v) is 28.0. The van der Waals surface area contributed by atoms with Crippen LogP contribution in [0.5, 0.6) is 0 Å². The van der Waals surface area contributed by atoms with Gasteiger partial charge in [-0.2, -0.15) is 0 Å². The third kappa shape index (κ3) is 6.96. The molecule has 0 bridgehead atoms. The van der Waals surface area contributed by atoms with Crippen molar-refractivity contribution in [1.29, 1.82) is 0 Å². The third-order valence-corrected chi connectivity index (χ3v) is 8.98. The zero-order valence-electron chi connectivity index (χ0n) is 28.0. The summed E-state index contributed by atoms with van der Waals surface area (Å²) in [5, 5.41) is 12.0. The second-order valence-corrected chi connectivity index (χ2v) is 14.7. The molecule has 1 aromatic carbocycles. The van der Waals surface area contributed by atoms with E-state index in [0.29, 0.717) is 24.3 Å². The van der Waals surface area contributed by atoms with Crippen LogP contribution in [0.25, 0.3) is 0 Å². The first-order valence-corrected chi connectivity index (χ1v) is 16.1. The van der Waals surface area contributed by atoms with Crippen molar-refractivity contribution in [1.82, 2.24) is 0 Å². The Kier molecular flexibility index (Phi) is 8.50. The van der Waals surface area contributed by atoms with E-state index in [0.717, 1.165) is 0 Å². The van der Waals surface area contributed by atoms with E-state index in [-0.39, 0.29) is 18.9 Å². The Morgan fingerprint density at radius 3 is 1.43 bits per heavy atom. The number of hydrogen-bond acceptors (Lipinski definition) is 14. The first-order chi connectivity index (χ1) is 22.0. The van der Waals surface area contributed by atoms with Crippen molar-refractivity contribution in [3.63, 3.8) is 0 Å². The predicted octanol–water partition coefficient (Wildman–Crippen LogP) is 3.42. The fourth-order valence-electron chi connectivity index (χ4n) is 7.14. The summed E-state index contributed by atoms with van der Waals surface area (Å²) in [6, 6.07) is 4.79. The molecule has 15 nitrogen and oxygen atoms in total. The first kappa shape index (κ1) is 33.6. The number of rotatable bonds is 9. The van der Waals surface area contributed by atoms with Crippen molar-refractivity contribution in [3.8, 4) is 0 Å². The minimum absolute atomic E-state index is 0.0382. The summed E-state index contributed by atoms with van der Waals surface area (Å²) in [7, 11) is 0. The van der Waals surface area contributed by atoms with Gasteiger partial charge in [0.1, 0.15) is 48.8 Å². The lowest BCUT2D eigenvalue weighted by atomic mass is 10.0. The van der Waals surface area contributed by atoms with Gasteiger partial charge < -0.3 is 56.8 Å². The molecule has 15 heteroatoms. The van der Waals surface area contributed by atoms with Crippen LogP contribution in [0.15, 0.2) is 18.2 Å². The number of hydrogen-bond donors (Lipinski definition) is 0. The average Bonchev–Trinajstić information content (AvgIpc) is 3.77. The second kappa shape index (κ2) is 11.9. The SMILES string of the molecule is CC1(C)O[C@H]2O[C@H]([C@H]3COC(C)(C)O3)[C@H](OCc3cc(CO[C@@H]4[C@H]5OC(C)(C)O[C@H]5O[C@@H]4[C@H]4COC(C)(C)O4)cc([N+](=O)[O-])c3)[C@H]2O1. The van der Waals surface area contributed by atoms with E-state index >= 15 is 0 Å². The molecule has 6 heterocycles. The molecule has 6 aliphatic heterocycles. The lowest BCUT2D eigenvalue weighted by molar-refractivity contribution is -0.385. The normalized spacial score (nSPS) is 40.9. The third-order valence-electron chi connectivity index (χ3n) is 8.98. The summed E-state index contributed by atoms with van der Waals surface area (Å²) >= 11 is 0. The Bertz CT molecular complexity index is 1260. The maximum atomic E-state index is 12.0. The molecule has 0 aromatic heterocycles. The van der Waals surface area contributed by atoms with Crippen molar-refractivity contribution in [2.45, 2.75) is 153 Å². The fourth-order valence-corrected chi connectivity index (χ4v) is 7.14. The molecule has 0 radical (unpaired) electrons. The van der Waals surface area contributed by atoms with E-state index in [1.807, 2.05) is 61.5 Å². The molecule has 6 aliphatic rings. The molecule has 1 aromatic rings. The molecular formula is C32H45NO14. The Hall–Kier alpha value is -1.86. The Morgan fingerprint density at radius 1 is 0.638 bits per heavy atom. The summed E-state index contributed by atoms with van der Waals surface area (Å²) in [5.41, 5.74) is 1.07. The summed E-state index contributed by atoms with van der Waals surface area (Å²) in [4.78, 5) is 11.6. The second-order valence-electron chi connectivity index (χ2n) is 14.7. The predicted molar refractivity (Wildman–Crippen MR) is 157 cm³/mol. The first-order valence-electron chi connectivity index (χ1n) is 16.1. The number of nitrogens with zero attached hydrogens (tertiary/aromatic N) is 1. The van der Waals surface area contributed by atoms with Gasteiger partial charge in [0.25, 0.3) is 5.69 Å². The van der Waals surface area contributed by atoms with Gasteiger partial charge >= 0.3 is 0 Å². The van der Waals surface area contributed by atoms with Crippen molar-refractivity contribution >= 4 is 5.69 Å². The van der Waals surface area contributed by atoms with Gasteiger partial charge in [0.2, 0.25) is 0 Å².